The Kier molecular flexibility index (Phi) is 2.17. The smallest absolute Gasteiger partial charge is 0.122 e. The number of nitrogens with zero attached hydrogens (tertiary/aromatic N) is 1. The summed E-state index contributed by atoms with van der Waals surface area (Å²) in [7, 11) is 1.70. The van der Waals surface area contributed by atoms with E-state index in [0.29, 0.717) is 0 Å². The fourth-order valence-corrected chi connectivity index (χ4v) is 3.55. The van der Waals surface area contributed by atoms with Crippen LogP contribution in [0.15, 0.2) is 18.2 Å². The molecule has 1 saturated heterocycles. The van der Waals surface area contributed by atoms with E-state index in [1.165, 1.54) is 11.1 Å². The molecule has 0 bridgehead atoms. The van der Waals surface area contributed by atoms with Crippen molar-refractivity contribution in [3.8, 4) is 11.8 Å². The van der Waals surface area contributed by atoms with Gasteiger partial charge in [-0.1, -0.05) is 19.1 Å². The van der Waals surface area contributed by atoms with E-state index in [2.05, 4.69) is 24.4 Å². The average molecular weight is 228 g/mol. The summed E-state index contributed by atoms with van der Waals surface area (Å²) in [4.78, 5) is 0. The summed E-state index contributed by atoms with van der Waals surface area (Å²) in [6.07, 6.45) is 1.02. The van der Waals surface area contributed by atoms with Crippen molar-refractivity contribution >= 4 is 0 Å². The molecular formula is C14H16N2O. The molecule has 1 aliphatic carbocycles. The first-order valence-corrected chi connectivity index (χ1v) is 6.07. The molecule has 3 heteroatoms. The molecule has 3 nitrogen and oxygen atoms in total. The molecule has 88 valence electrons. The molecule has 2 aliphatic rings. The number of nitriles is 1. The van der Waals surface area contributed by atoms with Gasteiger partial charge in [0.2, 0.25) is 0 Å². The van der Waals surface area contributed by atoms with Crippen molar-refractivity contribution in [2.24, 2.45) is 0 Å². The van der Waals surface area contributed by atoms with Gasteiger partial charge in [0.15, 0.2) is 0 Å². The third-order valence-corrected chi connectivity index (χ3v) is 4.40. The minimum atomic E-state index is -0.420. The molecule has 3 atom stereocenters. The van der Waals surface area contributed by atoms with Crippen LogP contribution in [0, 0.1) is 11.3 Å². The van der Waals surface area contributed by atoms with Gasteiger partial charge in [0.05, 0.1) is 13.2 Å². The lowest BCUT2D eigenvalue weighted by atomic mass is 9.82. The maximum Gasteiger partial charge on any atom is 0.122 e. The molecule has 1 aliphatic heterocycles. The summed E-state index contributed by atoms with van der Waals surface area (Å²) >= 11 is 0. The predicted molar refractivity (Wildman–Crippen MR) is 65.1 cm³/mol. The number of fused-ring (bicyclic) bond motifs is 3. The van der Waals surface area contributed by atoms with Crippen LogP contribution >= 0.6 is 0 Å². The third kappa shape index (κ3) is 1.14. The molecule has 1 aromatic rings. The van der Waals surface area contributed by atoms with Crippen LogP contribution in [0.2, 0.25) is 0 Å². The number of hydrogen-bond donors (Lipinski definition) is 1. The van der Waals surface area contributed by atoms with E-state index in [1.807, 2.05) is 12.1 Å². The molecule has 1 heterocycles. The molecule has 0 saturated carbocycles. The van der Waals surface area contributed by atoms with Crippen LogP contribution in [0.3, 0.4) is 0 Å². The van der Waals surface area contributed by atoms with Crippen molar-refractivity contribution in [3.05, 3.63) is 29.3 Å². The lowest BCUT2D eigenvalue weighted by Crippen LogP contribution is -2.43. The van der Waals surface area contributed by atoms with Gasteiger partial charge in [0.1, 0.15) is 11.3 Å². The van der Waals surface area contributed by atoms with Crippen LogP contribution in [0.25, 0.3) is 0 Å². The maximum absolute atomic E-state index is 9.58. The molecule has 17 heavy (non-hydrogen) atoms. The van der Waals surface area contributed by atoms with Gasteiger partial charge in [-0.25, -0.2) is 0 Å². The molecule has 1 aromatic carbocycles. The second-order valence-electron chi connectivity index (χ2n) is 4.93. The fourth-order valence-electron chi connectivity index (χ4n) is 3.55. The zero-order chi connectivity index (χ0) is 12.0. The number of hydrogen-bond acceptors (Lipinski definition) is 3. The van der Waals surface area contributed by atoms with Crippen LogP contribution < -0.4 is 10.1 Å². The standard InChI is InChI=1S/C14H16N2O/c1-9-10-4-3-5-12(17-2)13(10)11-6-7-16-14(9,11)8-15/h3-5,9,11,16H,6-7H2,1-2H3/t9-,11+,14-/m0/s1. The number of nitrogens with one attached hydrogen (secondary N) is 1. The first kappa shape index (κ1) is 10.6. The SMILES string of the molecule is COc1cccc2c1[C@H]1CCN[C@@]1(C#N)[C@H]2C. The second-order valence-corrected chi connectivity index (χ2v) is 4.93. The van der Waals surface area contributed by atoms with Gasteiger partial charge in [-0.2, -0.15) is 5.26 Å². The minimum Gasteiger partial charge on any atom is -0.496 e. The highest BCUT2D eigenvalue weighted by Crippen LogP contribution is 2.55. The van der Waals surface area contributed by atoms with Crippen LogP contribution in [0.5, 0.6) is 5.75 Å². The molecule has 0 radical (unpaired) electrons. The Hall–Kier alpha value is -1.53. The zero-order valence-corrected chi connectivity index (χ0v) is 10.2. The summed E-state index contributed by atoms with van der Waals surface area (Å²) in [6.45, 7) is 3.06. The Labute approximate surface area is 101 Å². The van der Waals surface area contributed by atoms with E-state index < -0.39 is 5.54 Å². The van der Waals surface area contributed by atoms with Gasteiger partial charge in [0, 0.05) is 17.4 Å². The number of methoxy groups -OCH3 is 1. The van der Waals surface area contributed by atoms with Crippen LogP contribution in [0.1, 0.15) is 36.3 Å². The van der Waals surface area contributed by atoms with E-state index in [9.17, 15) is 5.26 Å². The summed E-state index contributed by atoms with van der Waals surface area (Å²) in [5.74, 6) is 1.43. The van der Waals surface area contributed by atoms with Crippen LogP contribution in [-0.2, 0) is 0 Å². The van der Waals surface area contributed by atoms with E-state index in [1.54, 1.807) is 7.11 Å². The largest absolute Gasteiger partial charge is 0.496 e. The highest BCUT2D eigenvalue weighted by atomic mass is 16.5. The van der Waals surface area contributed by atoms with Crippen LogP contribution in [0.4, 0.5) is 0 Å². The van der Waals surface area contributed by atoms with Gasteiger partial charge in [-0.3, -0.25) is 5.32 Å². The lowest BCUT2D eigenvalue weighted by Gasteiger charge is -2.26. The quantitative estimate of drug-likeness (QED) is 0.801. The van der Waals surface area contributed by atoms with Gasteiger partial charge < -0.3 is 4.74 Å². The van der Waals surface area contributed by atoms with Crippen molar-refractivity contribution in [2.75, 3.05) is 13.7 Å². The third-order valence-electron chi connectivity index (χ3n) is 4.40. The first-order valence-electron chi connectivity index (χ1n) is 6.07. The van der Waals surface area contributed by atoms with Gasteiger partial charge in [-0.05, 0) is 24.6 Å². The molecular weight excluding hydrogens is 212 g/mol. The van der Waals surface area contributed by atoms with Crippen molar-refractivity contribution in [2.45, 2.75) is 30.7 Å². The van der Waals surface area contributed by atoms with E-state index in [4.69, 9.17) is 4.74 Å². The van der Waals surface area contributed by atoms with Crippen molar-refractivity contribution < 1.29 is 4.74 Å². The predicted octanol–water partition coefficient (Wildman–Crippen LogP) is 2.15. The summed E-state index contributed by atoms with van der Waals surface area (Å²) in [5.41, 5.74) is 2.09. The lowest BCUT2D eigenvalue weighted by molar-refractivity contribution is 0.388. The second kappa shape index (κ2) is 3.48. The maximum atomic E-state index is 9.58. The molecule has 0 aromatic heterocycles. The fraction of sp³-hybridized carbons (Fsp3) is 0.500. The number of rotatable bonds is 1. The summed E-state index contributed by atoms with van der Waals surface area (Å²) < 4.78 is 5.47. The molecule has 1 fully saturated rings. The Morgan fingerprint density at radius 2 is 2.35 bits per heavy atom. The Morgan fingerprint density at radius 1 is 1.53 bits per heavy atom. The summed E-state index contributed by atoms with van der Waals surface area (Å²) in [5, 5.41) is 13.0. The Bertz CT molecular complexity index is 505. The Balaban J connectivity index is 2.23. The number of ether oxygens (including phenoxy) is 1. The zero-order valence-electron chi connectivity index (χ0n) is 10.2. The van der Waals surface area contributed by atoms with Crippen molar-refractivity contribution in [1.82, 2.24) is 5.32 Å². The summed E-state index contributed by atoms with van der Waals surface area (Å²) in [6, 6.07) is 8.66. The van der Waals surface area contributed by atoms with Gasteiger partial charge in [-0.15, -0.1) is 0 Å². The van der Waals surface area contributed by atoms with Crippen molar-refractivity contribution in [3.63, 3.8) is 0 Å². The van der Waals surface area contributed by atoms with Gasteiger partial charge in [0.25, 0.3) is 0 Å². The molecule has 1 N–H and O–H groups in total. The molecule has 0 unspecified atom stereocenters. The van der Waals surface area contributed by atoms with Crippen LogP contribution in [-0.4, -0.2) is 19.2 Å². The Morgan fingerprint density at radius 3 is 3.06 bits per heavy atom. The van der Waals surface area contributed by atoms with E-state index >= 15 is 0 Å². The molecule has 0 amide bonds. The minimum absolute atomic E-state index is 0.227. The van der Waals surface area contributed by atoms with Crippen molar-refractivity contribution in [1.29, 1.82) is 5.26 Å². The average Bonchev–Trinajstić information content (AvgIpc) is 2.89. The molecule has 0 spiro atoms. The normalized spacial score (nSPS) is 33.9. The molecule has 3 rings (SSSR count). The van der Waals surface area contributed by atoms with E-state index in [0.717, 1.165) is 18.7 Å². The first-order chi connectivity index (χ1) is 8.24. The van der Waals surface area contributed by atoms with E-state index in [-0.39, 0.29) is 11.8 Å². The topological polar surface area (TPSA) is 45.0 Å². The highest BCUT2D eigenvalue weighted by molar-refractivity contribution is 5.56. The highest BCUT2D eigenvalue weighted by Gasteiger charge is 2.55. The van der Waals surface area contributed by atoms with Gasteiger partial charge >= 0.3 is 0 Å². The number of benzene rings is 1. The monoisotopic (exact) mass is 228 g/mol.